The van der Waals surface area contributed by atoms with E-state index in [2.05, 4.69) is 6.92 Å². The molecule has 0 radical (unpaired) electrons. The highest BCUT2D eigenvalue weighted by molar-refractivity contribution is 5.81. The van der Waals surface area contributed by atoms with Gasteiger partial charge < -0.3 is 0 Å². The fourth-order valence-electron chi connectivity index (χ4n) is 4.19. The van der Waals surface area contributed by atoms with Crippen molar-refractivity contribution in [3.8, 4) is 0 Å². The zero-order valence-corrected chi connectivity index (χ0v) is 8.33. The SMILES string of the molecule is C[C@@H]1C[C@@H]2[C@@H]3CC[C@@H](C3)[C@@H]2CC1=O. The normalized spacial score (nSPS) is 53.9. The molecular formula is C12H18O. The summed E-state index contributed by atoms with van der Waals surface area (Å²) >= 11 is 0. The summed E-state index contributed by atoms with van der Waals surface area (Å²) in [5.41, 5.74) is 0. The molecule has 0 aromatic heterocycles. The number of carbonyl (C=O) groups is 1. The lowest BCUT2D eigenvalue weighted by molar-refractivity contribution is -0.127. The highest BCUT2D eigenvalue weighted by Gasteiger charge is 2.50. The maximum absolute atomic E-state index is 11.6. The molecule has 3 rings (SSSR count). The van der Waals surface area contributed by atoms with Gasteiger partial charge in [-0.15, -0.1) is 0 Å². The molecule has 5 atom stereocenters. The van der Waals surface area contributed by atoms with E-state index in [1.54, 1.807) is 0 Å². The van der Waals surface area contributed by atoms with Gasteiger partial charge in [-0.25, -0.2) is 0 Å². The van der Waals surface area contributed by atoms with Gasteiger partial charge in [-0.3, -0.25) is 4.79 Å². The maximum atomic E-state index is 11.6. The van der Waals surface area contributed by atoms with Crippen molar-refractivity contribution in [1.82, 2.24) is 0 Å². The van der Waals surface area contributed by atoms with E-state index in [0.29, 0.717) is 11.7 Å². The van der Waals surface area contributed by atoms with Crippen LogP contribution in [0.1, 0.15) is 39.0 Å². The molecule has 1 heteroatoms. The largest absolute Gasteiger partial charge is 0.299 e. The highest BCUT2D eigenvalue weighted by atomic mass is 16.1. The Kier molecular flexibility index (Phi) is 1.59. The lowest BCUT2D eigenvalue weighted by Gasteiger charge is -2.36. The minimum absolute atomic E-state index is 0.376. The van der Waals surface area contributed by atoms with Crippen LogP contribution >= 0.6 is 0 Å². The molecule has 0 unspecified atom stereocenters. The molecule has 3 saturated carbocycles. The first-order chi connectivity index (χ1) is 6.25. The summed E-state index contributed by atoms with van der Waals surface area (Å²) in [6.45, 7) is 2.13. The van der Waals surface area contributed by atoms with E-state index in [0.717, 1.165) is 30.1 Å². The molecule has 0 amide bonds. The molecule has 0 aromatic rings. The Balaban J connectivity index is 1.84. The van der Waals surface area contributed by atoms with Gasteiger partial charge in [0.25, 0.3) is 0 Å². The van der Waals surface area contributed by atoms with Crippen molar-refractivity contribution < 1.29 is 4.79 Å². The Morgan fingerprint density at radius 1 is 1.08 bits per heavy atom. The van der Waals surface area contributed by atoms with E-state index in [1.165, 1.54) is 25.7 Å². The van der Waals surface area contributed by atoms with Crippen LogP contribution in [0.5, 0.6) is 0 Å². The number of Topliss-reactive ketones (excluding diaryl/α,β-unsaturated/α-hetero) is 1. The maximum Gasteiger partial charge on any atom is 0.136 e. The molecule has 3 fully saturated rings. The summed E-state index contributed by atoms with van der Waals surface area (Å²) in [5.74, 6) is 4.61. The van der Waals surface area contributed by atoms with Crippen molar-refractivity contribution in [3.05, 3.63) is 0 Å². The Labute approximate surface area is 79.9 Å². The van der Waals surface area contributed by atoms with Gasteiger partial charge in [0.15, 0.2) is 0 Å². The molecule has 3 aliphatic carbocycles. The third kappa shape index (κ3) is 1.02. The van der Waals surface area contributed by atoms with Crippen LogP contribution in [0.2, 0.25) is 0 Å². The average Bonchev–Trinajstić information content (AvgIpc) is 2.67. The minimum Gasteiger partial charge on any atom is -0.299 e. The van der Waals surface area contributed by atoms with E-state index in [9.17, 15) is 4.79 Å². The number of hydrogen-bond donors (Lipinski definition) is 0. The van der Waals surface area contributed by atoms with Crippen LogP contribution in [0.25, 0.3) is 0 Å². The van der Waals surface area contributed by atoms with Gasteiger partial charge >= 0.3 is 0 Å². The van der Waals surface area contributed by atoms with Crippen LogP contribution in [0, 0.1) is 29.6 Å². The number of fused-ring (bicyclic) bond motifs is 5. The molecule has 1 nitrogen and oxygen atoms in total. The van der Waals surface area contributed by atoms with Crippen LogP contribution in [0.15, 0.2) is 0 Å². The van der Waals surface area contributed by atoms with Gasteiger partial charge in [0, 0.05) is 12.3 Å². The second kappa shape index (κ2) is 2.59. The second-order valence-corrected chi connectivity index (χ2v) is 5.47. The quantitative estimate of drug-likeness (QED) is 0.557. The van der Waals surface area contributed by atoms with Crippen molar-refractivity contribution >= 4 is 5.78 Å². The Hall–Kier alpha value is -0.330. The summed E-state index contributed by atoms with van der Waals surface area (Å²) in [4.78, 5) is 11.6. The highest BCUT2D eigenvalue weighted by Crippen LogP contribution is 2.57. The lowest BCUT2D eigenvalue weighted by atomic mass is 9.67. The van der Waals surface area contributed by atoms with E-state index < -0.39 is 0 Å². The molecule has 3 aliphatic rings. The van der Waals surface area contributed by atoms with Gasteiger partial charge in [-0.05, 0) is 49.4 Å². The van der Waals surface area contributed by atoms with E-state index in [1.807, 2.05) is 0 Å². The zero-order chi connectivity index (χ0) is 9.00. The summed E-state index contributed by atoms with van der Waals surface area (Å²) in [6.07, 6.45) is 6.48. The van der Waals surface area contributed by atoms with Crippen molar-refractivity contribution in [3.63, 3.8) is 0 Å². The van der Waals surface area contributed by atoms with Crippen LogP contribution in [-0.4, -0.2) is 5.78 Å². The topological polar surface area (TPSA) is 17.1 Å². The standard InChI is InChI=1S/C12H18O/c1-7-4-10-8-2-3-9(5-8)11(10)6-12(7)13/h7-11H,2-6H2,1H3/t7-,8-,9+,10-,11+/m1/s1. The smallest absolute Gasteiger partial charge is 0.136 e. The first-order valence-corrected chi connectivity index (χ1v) is 5.78. The average molecular weight is 178 g/mol. The van der Waals surface area contributed by atoms with Crippen LogP contribution < -0.4 is 0 Å². The molecule has 0 spiro atoms. The summed E-state index contributed by atoms with van der Waals surface area (Å²) in [7, 11) is 0. The van der Waals surface area contributed by atoms with E-state index >= 15 is 0 Å². The summed E-state index contributed by atoms with van der Waals surface area (Å²) < 4.78 is 0. The van der Waals surface area contributed by atoms with Crippen molar-refractivity contribution in [2.45, 2.75) is 39.0 Å². The van der Waals surface area contributed by atoms with Crippen LogP contribution in [0.3, 0.4) is 0 Å². The molecule has 72 valence electrons. The number of ketones is 1. The van der Waals surface area contributed by atoms with Crippen LogP contribution in [-0.2, 0) is 4.79 Å². The monoisotopic (exact) mass is 178 g/mol. The Morgan fingerprint density at radius 3 is 2.54 bits per heavy atom. The van der Waals surface area contributed by atoms with E-state index in [4.69, 9.17) is 0 Å². The molecule has 2 bridgehead atoms. The third-order valence-electron chi connectivity index (χ3n) is 4.89. The first-order valence-electron chi connectivity index (χ1n) is 5.78. The van der Waals surface area contributed by atoms with Gasteiger partial charge in [-0.1, -0.05) is 6.92 Å². The van der Waals surface area contributed by atoms with E-state index in [-0.39, 0.29) is 0 Å². The number of carbonyl (C=O) groups excluding carboxylic acids is 1. The van der Waals surface area contributed by atoms with Crippen molar-refractivity contribution in [2.24, 2.45) is 29.6 Å². The van der Waals surface area contributed by atoms with Crippen molar-refractivity contribution in [2.75, 3.05) is 0 Å². The Bertz CT molecular complexity index is 246. The third-order valence-corrected chi connectivity index (χ3v) is 4.89. The molecule has 0 N–H and O–H groups in total. The minimum atomic E-state index is 0.376. The van der Waals surface area contributed by atoms with Gasteiger partial charge in [0.1, 0.15) is 5.78 Å². The van der Waals surface area contributed by atoms with Crippen molar-refractivity contribution in [1.29, 1.82) is 0 Å². The summed E-state index contributed by atoms with van der Waals surface area (Å²) in [6, 6.07) is 0. The number of rotatable bonds is 0. The van der Waals surface area contributed by atoms with Gasteiger partial charge in [0.05, 0.1) is 0 Å². The van der Waals surface area contributed by atoms with Crippen LogP contribution in [0.4, 0.5) is 0 Å². The molecular weight excluding hydrogens is 160 g/mol. The zero-order valence-electron chi connectivity index (χ0n) is 8.33. The fraction of sp³-hybridized carbons (Fsp3) is 0.917. The van der Waals surface area contributed by atoms with Gasteiger partial charge in [-0.2, -0.15) is 0 Å². The molecule has 0 aliphatic heterocycles. The molecule has 13 heavy (non-hydrogen) atoms. The first kappa shape index (κ1) is 8.02. The molecule has 0 heterocycles. The molecule has 0 saturated heterocycles. The summed E-state index contributed by atoms with van der Waals surface area (Å²) in [5, 5.41) is 0. The fourth-order valence-corrected chi connectivity index (χ4v) is 4.19. The predicted octanol–water partition coefficient (Wildman–Crippen LogP) is 2.65. The molecule has 0 aromatic carbocycles. The lowest BCUT2D eigenvalue weighted by Crippen LogP contribution is -2.34. The predicted molar refractivity (Wildman–Crippen MR) is 51.2 cm³/mol. The second-order valence-electron chi connectivity index (χ2n) is 5.47. The number of hydrogen-bond acceptors (Lipinski definition) is 1. The Morgan fingerprint density at radius 2 is 1.77 bits per heavy atom. The van der Waals surface area contributed by atoms with Gasteiger partial charge in [0.2, 0.25) is 0 Å².